The summed E-state index contributed by atoms with van der Waals surface area (Å²) in [6, 6.07) is 0. The molecule has 0 radical (unpaired) electrons. The fraction of sp³-hybridized carbons (Fsp3) is 0.526. The molecule has 0 aromatic carbocycles. The topological polar surface area (TPSA) is 17.1 Å². The fourth-order valence-electron chi connectivity index (χ4n) is 3.22. The standard InChI is InChI=1S/C19H28O/c1-7-19(6)12-11-17(13-18(19)14(2)3)15(4)9-8-10-16(5)20/h7-10,17-18H,1-2,11-13H2,3-6H3/b10-8+,15-9+/t17-,18+,19-/m0/s1. The molecular formula is C19H28O. The van der Waals surface area contributed by atoms with Crippen LogP contribution in [-0.4, -0.2) is 5.78 Å². The first-order valence-electron chi connectivity index (χ1n) is 7.44. The number of rotatable bonds is 5. The molecule has 1 heteroatoms. The molecule has 1 aliphatic rings. The maximum atomic E-state index is 10.9. The predicted molar refractivity (Wildman–Crippen MR) is 87.5 cm³/mol. The number of hydrogen-bond donors (Lipinski definition) is 0. The first kappa shape index (κ1) is 16.7. The quantitative estimate of drug-likeness (QED) is 0.379. The highest BCUT2D eigenvalue weighted by atomic mass is 16.1. The third kappa shape index (κ3) is 4.06. The van der Waals surface area contributed by atoms with E-state index in [1.807, 2.05) is 6.08 Å². The zero-order chi connectivity index (χ0) is 15.3. The second kappa shape index (κ2) is 6.88. The summed E-state index contributed by atoms with van der Waals surface area (Å²) in [6.07, 6.45) is 11.2. The van der Waals surface area contributed by atoms with Crippen molar-refractivity contribution >= 4 is 5.78 Å². The van der Waals surface area contributed by atoms with Gasteiger partial charge in [0, 0.05) is 0 Å². The second-order valence-electron chi connectivity index (χ2n) is 6.46. The highest BCUT2D eigenvalue weighted by molar-refractivity contribution is 5.87. The van der Waals surface area contributed by atoms with Crippen molar-refractivity contribution in [1.82, 2.24) is 0 Å². The molecule has 1 rings (SSSR count). The molecule has 1 fully saturated rings. The van der Waals surface area contributed by atoms with Crippen LogP contribution in [0.5, 0.6) is 0 Å². The lowest BCUT2D eigenvalue weighted by molar-refractivity contribution is -0.112. The Morgan fingerprint density at radius 3 is 2.45 bits per heavy atom. The highest BCUT2D eigenvalue weighted by Crippen LogP contribution is 2.48. The van der Waals surface area contributed by atoms with E-state index in [-0.39, 0.29) is 11.2 Å². The van der Waals surface area contributed by atoms with Crippen molar-refractivity contribution in [1.29, 1.82) is 0 Å². The summed E-state index contributed by atoms with van der Waals surface area (Å²) in [5, 5.41) is 0. The molecule has 0 unspecified atom stereocenters. The Bertz CT molecular complexity index is 452. The molecule has 1 saturated carbocycles. The molecule has 0 spiro atoms. The van der Waals surface area contributed by atoms with E-state index in [0.717, 1.165) is 12.8 Å². The van der Waals surface area contributed by atoms with E-state index in [1.54, 1.807) is 13.0 Å². The van der Waals surface area contributed by atoms with Crippen molar-refractivity contribution in [3.05, 3.63) is 48.6 Å². The summed E-state index contributed by atoms with van der Waals surface area (Å²) < 4.78 is 0. The van der Waals surface area contributed by atoms with Crippen LogP contribution in [0.4, 0.5) is 0 Å². The molecule has 1 nitrogen and oxygen atoms in total. The average Bonchev–Trinajstić information content (AvgIpc) is 2.38. The Hall–Kier alpha value is -1.37. The smallest absolute Gasteiger partial charge is 0.152 e. The summed E-state index contributed by atoms with van der Waals surface area (Å²) in [5.74, 6) is 1.18. The highest BCUT2D eigenvalue weighted by Gasteiger charge is 2.38. The molecule has 0 N–H and O–H groups in total. The van der Waals surface area contributed by atoms with Gasteiger partial charge in [0.25, 0.3) is 0 Å². The normalized spacial score (nSPS) is 31.3. The van der Waals surface area contributed by atoms with E-state index in [9.17, 15) is 4.79 Å². The van der Waals surface area contributed by atoms with Gasteiger partial charge >= 0.3 is 0 Å². The molecule has 110 valence electrons. The van der Waals surface area contributed by atoms with Crippen LogP contribution in [0.1, 0.15) is 47.0 Å². The molecule has 0 amide bonds. The third-order valence-electron chi connectivity index (χ3n) is 4.74. The monoisotopic (exact) mass is 272 g/mol. The van der Waals surface area contributed by atoms with Crippen LogP contribution in [-0.2, 0) is 4.79 Å². The van der Waals surface area contributed by atoms with Gasteiger partial charge in [0.1, 0.15) is 0 Å². The predicted octanol–water partition coefficient (Wildman–Crippen LogP) is 5.26. The molecule has 0 saturated heterocycles. The zero-order valence-corrected chi connectivity index (χ0v) is 13.4. The SMILES string of the molecule is C=C[C@@]1(C)CC[C@H](/C(C)=C/C=C/C(C)=O)C[C@@H]1C(=C)C. The maximum Gasteiger partial charge on any atom is 0.152 e. The largest absolute Gasteiger partial charge is 0.295 e. The van der Waals surface area contributed by atoms with E-state index < -0.39 is 0 Å². The van der Waals surface area contributed by atoms with Gasteiger partial charge in [0.15, 0.2) is 5.78 Å². The Labute approximate surface area is 124 Å². The molecular weight excluding hydrogens is 244 g/mol. The number of carbonyl (C=O) groups excluding carboxylic acids is 1. The van der Waals surface area contributed by atoms with Crippen LogP contribution in [0.3, 0.4) is 0 Å². The number of ketones is 1. The Balaban J connectivity index is 2.84. The van der Waals surface area contributed by atoms with Crippen molar-refractivity contribution in [3.63, 3.8) is 0 Å². The Morgan fingerprint density at radius 2 is 1.95 bits per heavy atom. The van der Waals surface area contributed by atoms with Crippen LogP contribution in [0.15, 0.2) is 48.6 Å². The van der Waals surface area contributed by atoms with Crippen LogP contribution in [0.2, 0.25) is 0 Å². The summed E-state index contributed by atoms with van der Waals surface area (Å²) in [6.45, 7) is 16.4. The number of allylic oxidation sites excluding steroid dienone is 6. The summed E-state index contributed by atoms with van der Waals surface area (Å²) in [4.78, 5) is 10.9. The maximum absolute atomic E-state index is 10.9. The third-order valence-corrected chi connectivity index (χ3v) is 4.74. The number of hydrogen-bond acceptors (Lipinski definition) is 1. The Morgan fingerprint density at radius 1 is 1.30 bits per heavy atom. The van der Waals surface area contributed by atoms with Crippen LogP contribution in [0, 0.1) is 17.3 Å². The van der Waals surface area contributed by atoms with Crippen molar-refractivity contribution in [3.8, 4) is 0 Å². The van der Waals surface area contributed by atoms with Gasteiger partial charge in [-0.15, -0.1) is 6.58 Å². The minimum absolute atomic E-state index is 0.0942. The molecule has 1 aliphatic carbocycles. The fourth-order valence-corrected chi connectivity index (χ4v) is 3.22. The van der Waals surface area contributed by atoms with Crippen molar-refractivity contribution < 1.29 is 4.79 Å². The van der Waals surface area contributed by atoms with Gasteiger partial charge in [-0.2, -0.15) is 0 Å². The second-order valence-corrected chi connectivity index (χ2v) is 6.46. The van der Waals surface area contributed by atoms with Gasteiger partial charge in [-0.3, -0.25) is 4.79 Å². The van der Waals surface area contributed by atoms with Crippen LogP contribution >= 0.6 is 0 Å². The Kier molecular flexibility index (Phi) is 5.74. The molecule has 20 heavy (non-hydrogen) atoms. The molecule has 3 atom stereocenters. The minimum Gasteiger partial charge on any atom is -0.295 e. The lowest BCUT2D eigenvalue weighted by Gasteiger charge is -2.43. The molecule has 0 heterocycles. The van der Waals surface area contributed by atoms with Gasteiger partial charge in [0.05, 0.1) is 0 Å². The van der Waals surface area contributed by atoms with Crippen molar-refractivity contribution in [2.24, 2.45) is 17.3 Å². The van der Waals surface area contributed by atoms with E-state index >= 15 is 0 Å². The van der Waals surface area contributed by atoms with Crippen LogP contribution < -0.4 is 0 Å². The van der Waals surface area contributed by atoms with Gasteiger partial charge in [-0.25, -0.2) is 0 Å². The molecule has 0 bridgehead atoms. The van der Waals surface area contributed by atoms with E-state index in [0.29, 0.717) is 11.8 Å². The van der Waals surface area contributed by atoms with Gasteiger partial charge in [-0.1, -0.05) is 42.9 Å². The lowest BCUT2D eigenvalue weighted by atomic mass is 9.61. The molecule has 0 aromatic rings. The van der Waals surface area contributed by atoms with Crippen LogP contribution in [0.25, 0.3) is 0 Å². The van der Waals surface area contributed by atoms with E-state index in [4.69, 9.17) is 0 Å². The summed E-state index contributed by atoms with van der Waals surface area (Å²) in [7, 11) is 0. The van der Waals surface area contributed by atoms with Gasteiger partial charge in [0.2, 0.25) is 0 Å². The number of carbonyl (C=O) groups is 1. The van der Waals surface area contributed by atoms with E-state index in [1.165, 1.54) is 17.6 Å². The summed E-state index contributed by atoms with van der Waals surface area (Å²) >= 11 is 0. The minimum atomic E-state index is 0.0942. The van der Waals surface area contributed by atoms with Gasteiger partial charge in [-0.05, 0) is 63.4 Å². The summed E-state index contributed by atoms with van der Waals surface area (Å²) in [5.41, 5.74) is 2.79. The first-order chi connectivity index (χ1) is 9.30. The average molecular weight is 272 g/mol. The lowest BCUT2D eigenvalue weighted by Crippen LogP contribution is -2.33. The molecule has 0 aliphatic heterocycles. The van der Waals surface area contributed by atoms with Crippen molar-refractivity contribution in [2.75, 3.05) is 0 Å². The zero-order valence-electron chi connectivity index (χ0n) is 13.4. The van der Waals surface area contributed by atoms with Crippen molar-refractivity contribution in [2.45, 2.75) is 47.0 Å². The molecule has 0 aromatic heterocycles. The van der Waals surface area contributed by atoms with Gasteiger partial charge < -0.3 is 0 Å². The van der Waals surface area contributed by atoms with E-state index in [2.05, 4.69) is 46.1 Å². The first-order valence-corrected chi connectivity index (χ1v) is 7.44.